The van der Waals surface area contributed by atoms with Gasteiger partial charge in [0.15, 0.2) is 11.5 Å². The zero-order valence-corrected chi connectivity index (χ0v) is 14.6. The van der Waals surface area contributed by atoms with Crippen molar-refractivity contribution in [2.24, 2.45) is 0 Å². The first kappa shape index (κ1) is 17.4. The lowest BCUT2D eigenvalue weighted by Gasteiger charge is -2.21. The summed E-state index contributed by atoms with van der Waals surface area (Å²) in [7, 11) is 1.67. The van der Waals surface area contributed by atoms with E-state index in [4.69, 9.17) is 13.6 Å². The molecule has 1 N–H and O–H groups in total. The number of nitrogens with zero attached hydrogens (tertiary/aromatic N) is 1. The minimum absolute atomic E-state index is 0.0168. The Balaban J connectivity index is 2.13. The largest absolute Gasteiger partial charge is 0.456 e. The highest BCUT2D eigenvalue weighted by atomic mass is 79.9. The predicted molar refractivity (Wildman–Crippen MR) is 90.9 cm³/mol. The van der Waals surface area contributed by atoms with E-state index in [9.17, 15) is 9.90 Å². The van der Waals surface area contributed by atoms with Gasteiger partial charge < -0.3 is 23.6 Å². The SMILES string of the molecule is COCCSCCN(CCO)c1cc(=O)c2occ(Br)c2o1. The molecule has 0 saturated carbocycles. The number of methoxy groups -OCH3 is 1. The van der Waals surface area contributed by atoms with E-state index in [2.05, 4.69) is 15.9 Å². The van der Waals surface area contributed by atoms with E-state index in [1.807, 2.05) is 4.90 Å². The molecule has 22 heavy (non-hydrogen) atoms. The van der Waals surface area contributed by atoms with E-state index in [1.165, 1.54) is 12.3 Å². The van der Waals surface area contributed by atoms with Gasteiger partial charge in [-0.25, -0.2) is 0 Å². The Hall–Kier alpha value is -0.960. The molecule has 2 aromatic heterocycles. The number of ether oxygens (including phenoxy) is 1. The Morgan fingerprint density at radius 2 is 2.18 bits per heavy atom. The second-order valence-electron chi connectivity index (χ2n) is 4.51. The van der Waals surface area contributed by atoms with Gasteiger partial charge in [0.25, 0.3) is 0 Å². The number of halogens is 1. The van der Waals surface area contributed by atoms with Crippen LogP contribution in [0.1, 0.15) is 0 Å². The van der Waals surface area contributed by atoms with E-state index in [1.54, 1.807) is 18.9 Å². The molecule has 2 aromatic rings. The van der Waals surface area contributed by atoms with E-state index < -0.39 is 0 Å². The van der Waals surface area contributed by atoms with Crippen molar-refractivity contribution in [2.75, 3.05) is 49.8 Å². The van der Waals surface area contributed by atoms with Gasteiger partial charge in [-0.15, -0.1) is 0 Å². The fourth-order valence-electron chi connectivity index (χ4n) is 1.93. The molecule has 0 atom stereocenters. The van der Waals surface area contributed by atoms with Crippen LogP contribution in [0.3, 0.4) is 0 Å². The van der Waals surface area contributed by atoms with E-state index >= 15 is 0 Å². The summed E-state index contributed by atoms with van der Waals surface area (Å²) >= 11 is 5.04. The van der Waals surface area contributed by atoms with Crippen molar-refractivity contribution in [3.05, 3.63) is 27.0 Å². The molecule has 0 spiro atoms. The number of furan rings is 1. The molecule has 122 valence electrons. The van der Waals surface area contributed by atoms with Crippen molar-refractivity contribution in [3.8, 4) is 0 Å². The van der Waals surface area contributed by atoms with Gasteiger partial charge in [-0.1, -0.05) is 0 Å². The smallest absolute Gasteiger partial charge is 0.230 e. The number of thioether (sulfide) groups is 1. The molecule has 0 unspecified atom stereocenters. The van der Waals surface area contributed by atoms with Crippen LogP contribution in [0.25, 0.3) is 11.2 Å². The van der Waals surface area contributed by atoms with Crippen LogP contribution in [-0.4, -0.2) is 50.0 Å². The predicted octanol–water partition coefficient (Wildman–Crippen LogP) is 2.33. The summed E-state index contributed by atoms with van der Waals surface area (Å²) in [5, 5.41) is 9.22. The number of hydrogen-bond acceptors (Lipinski definition) is 7. The molecule has 0 aliphatic heterocycles. The number of rotatable bonds is 9. The molecular formula is C14H18BrNO5S. The van der Waals surface area contributed by atoms with Gasteiger partial charge in [0, 0.05) is 31.7 Å². The molecule has 2 heterocycles. The number of fused-ring (bicyclic) bond motifs is 1. The molecule has 2 rings (SSSR count). The molecule has 6 nitrogen and oxygen atoms in total. The Bertz CT molecular complexity index is 656. The zero-order valence-electron chi connectivity index (χ0n) is 12.2. The summed E-state index contributed by atoms with van der Waals surface area (Å²) in [6.07, 6.45) is 1.43. The molecule has 0 saturated heterocycles. The summed E-state index contributed by atoms with van der Waals surface area (Å²) in [4.78, 5) is 13.9. The number of hydrogen-bond donors (Lipinski definition) is 1. The second kappa shape index (κ2) is 8.61. The van der Waals surface area contributed by atoms with Crippen LogP contribution in [0.2, 0.25) is 0 Å². The monoisotopic (exact) mass is 391 g/mol. The van der Waals surface area contributed by atoms with Crippen LogP contribution in [-0.2, 0) is 4.74 Å². The Morgan fingerprint density at radius 1 is 1.36 bits per heavy atom. The summed E-state index contributed by atoms with van der Waals surface area (Å²) in [6.45, 7) is 1.75. The fraction of sp³-hybridized carbons (Fsp3) is 0.500. The van der Waals surface area contributed by atoms with Crippen molar-refractivity contribution >= 4 is 44.7 Å². The van der Waals surface area contributed by atoms with Gasteiger partial charge in [0.2, 0.25) is 11.0 Å². The first-order valence-electron chi connectivity index (χ1n) is 6.80. The van der Waals surface area contributed by atoms with Gasteiger partial charge >= 0.3 is 0 Å². The average Bonchev–Trinajstić information content (AvgIpc) is 2.88. The van der Waals surface area contributed by atoms with Gasteiger partial charge in [-0.05, 0) is 15.9 Å². The number of aliphatic hydroxyl groups is 1. The lowest BCUT2D eigenvalue weighted by molar-refractivity contribution is 0.218. The van der Waals surface area contributed by atoms with Crippen LogP contribution in [0.4, 0.5) is 5.88 Å². The second-order valence-corrected chi connectivity index (χ2v) is 6.59. The summed E-state index contributed by atoms with van der Waals surface area (Å²) < 4.78 is 16.5. The van der Waals surface area contributed by atoms with E-state index in [0.717, 1.165) is 11.5 Å². The minimum atomic E-state index is -0.239. The highest BCUT2D eigenvalue weighted by molar-refractivity contribution is 9.10. The van der Waals surface area contributed by atoms with Gasteiger partial charge in [0.05, 0.1) is 23.8 Å². The number of anilines is 1. The van der Waals surface area contributed by atoms with Crippen molar-refractivity contribution < 1.29 is 18.7 Å². The molecule has 0 aromatic carbocycles. The first-order valence-corrected chi connectivity index (χ1v) is 8.75. The van der Waals surface area contributed by atoms with E-state index in [0.29, 0.717) is 35.6 Å². The molecule has 0 fully saturated rings. The number of aliphatic hydroxyl groups excluding tert-OH is 1. The van der Waals surface area contributed by atoms with Gasteiger partial charge in [-0.2, -0.15) is 11.8 Å². The minimum Gasteiger partial charge on any atom is -0.456 e. The molecule has 0 radical (unpaired) electrons. The quantitative estimate of drug-likeness (QED) is 0.657. The lowest BCUT2D eigenvalue weighted by atomic mass is 10.4. The molecule has 0 bridgehead atoms. The highest BCUT2D eigenvalue weighted by Gasteiger charge is 2.16. The maximum atomic E-state index is 12.1. The molecule has 0 aliphatic rings. The van der Waals surface area contributed by atoms with Gasteiger partial charge in [0.1, 0.15) is 6.26 Å². The topological polar surface area (TPSA) is 76.1 Å². The van der Waals surface area contributed by atoms with E-state index in [-0.39, 0.29) is 17.6 Å². The lowest BCUT2D eigenvalue weighted by Crippen LogP contribution is -2.29. The zero-order chi connectivity index (χ0) is 15.9. The van der Waals surface area contributed by atoms with Crippen LogP contribution in [0.5, 0.6) is 0 Å². The summed E-state index contributed by atoms with van der Waals surface area (Å²) in [5.41, 5.74) is 0.337. The standard InChI is InChI=1S/C14H18BrNO5S/c1-19-5-7-22-6-3-16(2-4-17)12-8-11(18)14-13(21-12)10(15)9-20-14/h8-9,17H,2-7H2,1H3. The van der Waals surface area contributed by atoms with Crippen molar-refractivity contribution in [3.63, 3.8) is 0 Å². The van der Waals surface area contributed by atoms with Gasteiger partial charge in [-0.3, -0.25) is 4.79 Å². The Kier molecular flexibility index (Phi) is 6.81. The van der Waals surface area contributed by atoms with Crippen LogP contribution >= 0.6 is 27.7 Å². The van der Waals surface area contributed by atoms with Crippen molar-refractivity contribution in [1.82, 2.24) is 0 Å². The van der Waals surface area contributed by atoms with Crippen LogP contribution < -0.4 is 10.3 Å². The molecule has 0 amide bonds. The van der Waals surface area contributed by atoms with Crippen molar-refractivity contribution in [1.29, 1.82) is 0 Å². The van der Waals surface area contributed by atoms with Crippen LogP contribution in [0.15, 0.2) is 30.4 Å². The molecule has 8 heteroatoms. The third kappa shape index (κ3) is 4.28. The third-order valence-electron chi connectivity index (χ3n) is 3.01. The summed E-state index contributed by atoms with van der Waals surface area (Å²) in [5.74, 6) is 2.18. The molecule has 0 aliphatic carbocycles. The Morgan fingerprint density at radius 3 is 2.91 bits per heavy atom. The van der Waals surface area contributed by atoms with Crippen LogP contribution in [0, 0.1) is 0 Å². The maximum Gasteiger partial charge on any atom is 0.230 e. The average molecular weight is 392 g/mol. The Labute approximate surface area is 140 Å². The first-order chi connectivity index (χ1) is 10.7. The normalized spacial score (nSPS) is 11.2. The third-order valence-corrected chi connectivity index (χ3v) is 4.48. The summed E-state index contributed by atoms with van der Waals surface area (Å²) in [6, 6.07) is 1.40. The van der Waals surface area contributed by atoms with Crippen molar-refractivity contribution in [2.45, 2.75) is 0 Å². The fourth-order valence-corrected chi connectivity index (χ4v) is 3.12. The maximum absolute atomic E-state index is 12.1. The molecular weight excluding hydrogens is 374 g/mol. The highest BCUT2D eigenvalue weighted by Crippen LogP contribution is 2.27.